The number of rotatable bonds is 5. The zero-order valence-electron chi connectivity index (χ0n) is 16.0. The van der Waals surface area contributed by atoms with Crippen LogP contribution in [0.3, 0.4) is 0 Å². The third-order valence-electron chi connectivity index (χ3n) is 4.46. The summed E-state index contributed by atoms with van der Waals surface area (Å²) in [6.45, 7) is 0. The fraction of sp³-hybridized carbons (Fsp3) is 0.100. The van der Waals surface area contributed by atoms with Crippen LogP contribution in [0.1, 0.15) is 0 Å². The largest absolute Gasteiger partial charge is 0.494 e. The predicted molar refractivity (Wildman–Crippen MR) is 102 cm³/mol. The van der Waals surface area contributed by atoms with Crippen molar-refractivity contribution in [2.45, 2.75) is 4.90 Å². The summed E-state index contributed by atoms with van der Waals surface area (Å²) in [4.78, 5) is -0.665. The van der Waals surface area contributed by atoms with E-state index < -0.39 is 72.2 Å². The molecule has 0 heterocycles. The zero-order chi connectivity index (χ0) is 23.1. The zero-order valence-corrected chi connectivity index (χ0v) is 16.8. The van der Waals surface area contributed by atoms with Crippen LogP contribution in [0.15, 0.2) is 41.3 Å². The highest BCUT2D eigenvalue weighted by atomic mass is 32.2. The second-order valence-electron chi connectivity index (χ2n) is 6.24. The summed E-state index contributed by atoms with van der Waals surface area (Å²) in [7, 11) is -2.31. The van der Waals surface area contributed by atoms with Crippen molar-refractivity contribution in [3.8, 4) is 33.8 Å². The molecule has 0 radical (unpaired) electrons. The van der Waals surface area contributed by atoms with E-state index in [0.29, 0.717) is 0 Å². The van der Waals surface area contributed by atoms with Crippen molar-refractivity contribution in [3.63, 3.8) is 0 Å². The maximum absolute atomic E-state index is 14.9. The number of halogens is 5. The molecular weight excluding hydrogens is 445 g/mol. The quantitative estimate of drug-likeness (QED) is 0.349. The lowest BCUT2D eigenvalue weighted by Gasteiger charge is -2.18. The van der Waals surface area contributed by atoms with E-state index >= 15 is 0 Å². The van der Waals surface area contributed by atoms with Gasteiger partial charge in [0, 0.05) is 16.7 Å². The van der Waals surface area contributed by atoms with Gasteiger partial charge >= 0.3 is 0 Å². The summed E-state index contributed by atoms with van der Waals surface area (Å²) in [6.07, 6.45) is 0. The van der Waals surface area contributed by atoms with E-state index in [2.05, 4.69) is 0 Å². The second-order valence-corrected chi connectivity index (χ2v) is 7.77. The van der Waals surface area contributed by atoms with Gasteiger partial charge in [-0.15, -0.1) is 0 Å². The molecule has 3 aromatic rings. The molecule has 5 nitrogen and oxygen atoms in total. The molecule has 3 rings (SSSR count). The molecular formula is C20H14F5NO4S. The topological polar surface area (TPSA) is 78.6 Å². The molecule has 0 aliphatic heterocycles. The van der Waals surface area contributed by atoms with Crippen LogP contribution in [0.5, 0.6) is 11.5 Å². The van der Waals surface area contributed by atoms with Crippen LogP contribution in [-0.4, -0.2) is 22.6 Å². The summed E-state index contributed by atoms with van der Waals surface area (Å²) in [5.41, 5.74) is -2.72. The molecule has 2 N–H and O–H groups in total. The minimum atomic E-state index is -4.48. The number of benzene rings is 3. The highest BCUT2D eigenvalue weighted by molar-refractivity contribution is 7.89. The van der Waals surface area contributed by atoms with Crippen LogP contribution in [0.25, 0.3) is 22.3 Å². The number of primary sulfonamides is 1. The fourth-order valence-electron chi connectivity index (χ4n) is 3.09. The summed E-state index contributed by atoms with van der Waals surface area (Å²) >= 11 is 0. The lowest BCUT2D eigenvalue weighted by atomic mass is 9.92. The SMILES string of the molecule is COc1cc(-c2c(F)c(F)c(F)c(F)c2-c2ccccc2S(N)(=O)=O)cc(OC)c1F. The van der Waals surface area contributed by atoms with Crippen LogP contribution < -0.4 is 14.6 Å². The van der Waals surface area contributed by atoms with Crippen molar-refractivity contribution in [1.29, 1.82) is 0 Å². The molecule has 0 fully saturated rings. The van der Waals surface area contributed by atoms with Gasteiger partial charge in [0.15, 0.2) is 34.8 Å². The number of nitrogens with two attached hydrogens (primary N) is 1. The number of methoxy groups -OCH3 is 2. The Bertz CT molecular complexity index is 1270. The highest BCUT2D eigenvalue weighted by Crippen LogP contribution is 2.43. The summed E-state index contributed by atoms with van der Waals surface area (Å²) in [5, 5.41) is 5.15. The number of ether oxygens (including phenoxy) is 2. The van der Waals surface area contributed by atoms with E-state index in [1.807, 2.05) is 0 Å². The van der Waals surface area contributed by atoms with Gasteiger partial charge in [-0.3, -0.25) is 0 Å². The van der Waals surface area contributed by atoms with Gasteiger partial charge in [-0.1, -0.05) is 18.2 Å². The van der Waals surface area contributed by atoms with Crippen molar-refractivity contribution >= 4 is 10.0 Å². The average molecular weight is 459 g/mol. The van der Waals surface area contributed by atoms with Crippen LogP contribution in [0, 0.1) is 29.1 Å². The first kappa shape index (κ1) is 22.5. The van der Waals surface area contributed by atoms with Gasteiger partial charge in [0.05, 0.1) is 19.1 Å². The van der Waals surface area contributed by atoms with Gasteiger partial charge in [-0.25, -0.2) is 31.1 Å². The maximum atomic E-state index is 14.9. The summed E-state index contributed by atoms with van der Waals surface area (Å²) in [6, 6.07) is 6.33. The Hall–Kier alpha value is -3.18. The highest BCUT2D eigenvalue weighted by Gasteiger charge is 2.30. The van der Waals surface area contributed by atoms with Crippen molar-refractivity contribution in [3.05, 3.63) is 65.5 Å². The maximum Gasteiger partial charge on any atom is 0.238 e. The Balaban J connectivity index is 2.54. The van der Waals surface area contributed by atoms with Crippen molar-refractivity contribution < 1.29 is 39.8 Å². The molecule has 0 atom stereocenters. The molecule has 0 aliphatic rings. The molecule has 0 aliphatic carbocycles. The van der Waals surface area contributed by atoms with Crippen molar-refractivity contribution in [2.24, 2.45) is 5.14 Å². The van der Waals surface area contributed by atoms with Crippen molar-refractivity contribution in [1.82, 2.24) is 0 Å². The third kappa shape index (κ3) is 3.81. The molecule has 0 amide bonds. The number of sulfonamides is 1. The second kappa shape index (κ2) is 8.16. The van der Waals surface area contributed by atoms with E-state index in [1.54, 1.807) is 0 Å². The standard InChI is InChI=1S/C20H14F5NO4S/c1-29-11-7-9(8-12(30-2)16(11)21)14-15(18(23)20(25)19(24)17(14)22)10-5-3-4-6-13(10)31(26,27)28/h3-8H,1-2H3,(H2,26,27,28). The molecule has 31 heavy (non-hydrogen) atoms. The normalized spacial score (nSPS) is 11.5. The first-order chi connectivity index (χ1) is 14.5. The molecule has 0 saturated heterocycles. The first-order valence-corrected chi connectivity index (χ1v) is 9.97. The molecule has 11 heteroatoms. The lowest BCUT2D eigenvalue weighted by Crippen LogP contribution is -2.14. The van der Waals surface area contributed by atoms with E-state index in [4.69, 9.17) is 14.6 Å². The van der Waals surface area contributed by atoms with Crippen LogP contribution in [0.4, 0.5) is 22.0 Å². The Morgan fingerprint density at radius 1 is 0.742 bits per heavy atom. The smallest absolute Gasteiger partial charge is 0.238 e. The molecule has 3 aromatic carbocycles. The molecule has 0 unspecified atom stereocenters. The monoisotopic (exact) mass is 459 g/mol. The average Bonchev–Trinajstić information content (AvgIpc) is 2.74. The van der Waals surface area contributed by atoms with Crippen LogP contribution >= 0.6 is 0 Å². The van der Waals surface area contributed by atoms with E-state index in [1.165, 1.54) is 12.1 Å². The van der Waals surface area contributed by atoms with Crippen LogP contribution in [0.2, 0.25) is 0 Å². The van der Waals surface area contributed by atoms with Crippen molar-refractivity contribution in [2.75, 3.05) is 14.2 Å². The summed E-state index contributed by atoms with van der Waals surface area (Å²) in [5.74, 6) is -9.94. The fourth-order valence-corrected chi connectivity index (χ4v) is 3.84. The van der Waals surface area contributed by atoms with Gasteiger partial charge in [-0.05, 0) is 23.8 Å². The van der Waals surface area contributed by atoms with E-state index in [-0.39, 0.29) is 5.56 Å². The van der Waals surface area contributed by atoms with E-state index in [9.17, 15) is 30.4 Å². The minimum absolute atomic E-state index is 0.371. The Labute approximate surface area is 173 Å². The van der Waals surface area contributed by atoms with Gasteiger partial charge in [0.2, 0.25) is 15.8 Å². The van der Waals surface area contributed by atoms with Gasteiger partial charge in [0.1, 0.15) is 0 Å². The Morgan fingerprint density at radius 2 is 1.23 bits per heavy atom. The predicted octanol–water partition coefficient (Wildman–Crippen LogP) is 4.38. The van der Waals surface area contributed by atoms with Gasteiger partial charge < -0.3 is 9.47 Å². The molecule has 0 aromatic heterocycles. The van der Waals surface area contributed by atoms with Crippen LogP contribution in [-0.2, 0) is 10.0 Å². The van der Waals surface area contributed by atoms with Gasteiger partial charge in [-0.2, -0.15) is 4.39 Å². The number of hydrogen-bond acceptors (Lipinski definition) is 4. The minimum Gasteiger partial charge on any atom is -0.494 e. The van der Waals surface area contributed by atoms with Gasteiger partial charge in [0.25, 0.3) is 0 Å². The Kier molecular flexibility index (Phi) is 5.92. The third-order valence-corrected chi connectivity index (χ3v) is 5.43. The molecule has 164 valence electrons. The molecule has 0 bridgehead atoms. The first-order valence-electron chi connectivity index (χ1n) is 8.42. The molecule has 0 spiro atoms. The summed E-state index contributed by atoms with van der Waals surface area (Å²) < 4.78 is 106. The van der Waals surface area contributed by atoms with E-state index in [0.717, 1.165) is 38.5 Å². The number of hydrogen-bond donors (Lipinski definition) is 1. The Morgan fingerprint density at radius 3 is 1.71 bits per heavy atom. The lowest BCUT2D eigenvalue weighted by molar-refractivity contribution is 0.350. The molecule has 0 saturated carbocycles.